The van der Waals surface area contributed by atoms with E-state index < -0.39 is 0 Å². The van der Waals surface area contributed by atoms with Gasteiger partial charge in [-0.2, -0.15) is 0 Å². The van der Waals surface area contributed by atoms with Crippen LogP contribution in [-0.4, -0.2) is 24.0 Å². The van der Waals surface area contributed by atoms with E-state index in [0.29, 0.717) is 5.69 Å². The molecule has 4 heteroatoms. The Bertz CT molecular complexity index is 684. The maximum atomic E-state index is 12.0. The molecule has 0 radical (unpaired) electrons. The molecule has 2 aromatic rings. The van der Waals surface area contributed by atoms with Gasteiger partial charge < -0.3 is 10.2 Å². The third-order valence-electron chi connectivity index (χ3n) is 3.83. The Kier molecular flexibility index (Phi) is 7.20. The first kappa shape index (κ1) is 18.7. The number of carbonyl (C=O) groups is 1. The van der Waals surface area contributed by atoms with E-state index in [-0.39, 0.29) is 5.91 Å². The second-order valence-corrected chi connectivity index (χ2v) is 6.13. The first-order chi connectivity index (χ1) is 12.1. The van der Waals surface area contributed by atoms with Gasteiger partial charge in [0.15, 0.2) is 0 Å². The maximum absolute atomic E-state index is 12.0. The van der Waals surface area contributed by atoms with Gasteiger partial charge in [-0.3, -0.25) is 4.79 Å². The molecule has 4 nitrogen and oxygen atoms in total. The van der Waals surface area contributed by atoms with Gasteiger partial charge in [-0.15, -0.1) is 0 Å². The highest BCUT2D eigenvalue weighted by atomic mass is 16.1. The summed E-state index contributed by atoms with van der Waals surface area (Å²) in [5.41, 5.74) is 2.91. The lowest BCUT2D eigenvalue weighted by Crippen LogP contribution is -2.25. The lowest BCUT2D eigenvalue weighted by Gasteiger charge is -2.22. The fourth-order valence-corrected chi connectivity index (χ4v) is 2.56. The zero-order chi connectivity index (χ0) is 18.1. The quantitative estimate of drug-likeness (QED) is 0.712. The fraction of sp³-hybridized carbons (Fsp3) is 0.333. The van der Waals surface area contributed by atoms with Gasteiger partial charge in [0, 0.05) is 19.2 Å². The summed E-state index contributed by atoms with van der Waals surface area (Å²) < 4.78 is 0. The third kappa shape index (κ3) is 6.07. The van der Waals surface area contributed by atoms with Gasteiger partial charge in [0.1, 0.15) is 5.82 Å². The normalized spacial score (nSPS) is 10.8. The maximum Gasteiger partial charge on any atom is 0.248 e. The van der Waals surface area contributed by atoms with Crippen LogP contribution in [0.25, 0.3) is 6.08 Å². The molecule has 0 bridgehead atoms. The van der Waals surface area contributed by atoms with Crippen molar-refractivity contribution < 1.29 is 4.79 Å². The molecule has 25 heavy (non-hydrogen) atoms. The Hall–Kier alpha value is -2.62. The summed E-state index contributed by atoms with van der Waals surface area (Å²) in [7, 11) is 0. The van der Waals surface area contributed by atoms with Gasteiger partial charge in [-0.1, -0.05) is 43.7 Å². The molecule has 1 aromatic heterocycles. The van der Waals surface area contributed by atoms with Crippen LogP contribution in [0.3, 0.4) is 0 Å². The van der Waals surface area contributed by atoms with E-state index in [1.165, 1.54) is 5.56 Å². The van der Waals surface area contributed by atoms with Gasteiger partial charge in [0.05, 0.1) is 11.9 Å². The van der Waals surface area contributed by atoms with Crippen molar-refractivity contribution in [1.29, 1.82) is 0 Å². The van der Waals surface area contributed by atoms with E-state index in [9.17, 15) is 4.79 Å². The first-order valence-corrected chi connectivity index (χ1v) is 8.89. The van der Waals surface area contributed by atoms with Gasteiger partial charge in [0.25, 0.3) is 0 Å². The molecule has 0 unspecified atom stereocenters. The molecule has 0 aliphatic rings. The molecule has 1 amide bonds. The summed E-state index contributed by atoms with van der Waals surface area (Å²) in [6, 6.07) is 11.9. The van der Waals surface area contributed by atoms with Crippen molar-refractivity contribution in [2.24, 2.45) is 0 Å². The lowest BCUT2D eigenvalue weighted by atomic mass is 10.1. The number of rotatable bonds is 8. The van der Waals surface area contributed by atoms with Crippen LogP contribution in [0.1, 0.15) is 37.8 Å². The molecule has 0 atom stereocenters. The lowest BCUT2D eigenvalue weighted by molar-refractivity contribution is -0.111. The minimum absolute atomic E-state index is 0.158. The minimum atomic E-state index is -0.158. The predicted octanol–water partition coefficient (Wildman–Crippen LogP) is 4.67. The summed E-state index contributed by atoms with van der Waals surface area (Å²) in [5, 5.41) is 2.85. The Balaban J connectivity index is 1.95. The van der Waals surface area contributed by atoms with Crippen molar-refractivity contribution in [3.63, 3.8) is 0 Å². The van der Waals surface area contributed by atoms with E-state index in [1.807, 2.05) is 43.3 Å². The van der Waals surface area contributed by atoms with Crippen LogP contribution in [0.5, 0.6) is 0 Å². The summed E-state index contributed by atoms with van der Waals surface area (Å²) in [5.74, 6) is 0.797. The van der Waals surface area contributed by atoms with E-state index in [1.54, 1.807) is 18.3 Å². The summed E-state index contributed by atoms with van der Waals surface area (Å²) in [4.78, 5) is 18.8. The second-order valence-electron chi connectivity index (χ2n) is 6.13. The Morgan fingerprint density at radius 3 is 2.32 bits per heavy atom. The van der Waals surface area contributed by atoms with E-state index in [4.69, 9.17) is 0 Å². The monoisotopic (exact) mass is 337 g/mol. The van der Waals surface area contributed by atoms with Crippen molar-refractivity contribution in [2.75, 3.05) is 23.3 Å². The van der Waals surface area contributed by atoms with Crippen molar-refractivity contribution in [1.82, 2.24) is 4.98 Å². The highest BCUT2D eigenvalue weighted by Gasteiger charge is 2.06. The summed E-state index contributed by atoms with van der Waals surface area (Å²) >= 11 is 0. The summed E-state index contributed by atoms with van der Waals surface area (Å²) in [6.07, 6.45) is 7.24. The summed E-state index contributed by atoms with van der Waals surface area (Å²) in [6.45, 7) is 8.35. The first-order valence-electron chi connectivity index (χ1n) is 8.89. The van der Waals surface area contributed by atoms with Gasteiger partial charge in [-0.05, 0) is 43.5 Å². The van der Waals surface area contributed by atoms with E-state index >= 15 is 0 Å². The molecular weight excluding hydrogens is 310 g/mol. The molecule has 0 saturated heterocycles. The Morgan fingerprint density at radius 2 is 1.76 bits per heavy atom. The van der Waals surface area contributed by atoms with Gasteiger partial charge in [0.2, 0.25) is 5.91 Å². The molecule has 0 fully saturated rings. The standard InChI is InChI=1S/C21H27N3O/c1-4-14-24(15-5-2)20-12-11-19(16-22-20)23-21(25)13-10-18-8-6-17(3)7-9-18/h6-13,16H,4-5,14-15H2,1-3H3,(H,23,25)/b13-10+. The largest absolute Gasteiger partial charge is 0.357 e. The zero-order valence-electron chi connectivity index (χ0n) is 15.3. The van der Waals surface area contributed by atoms with Gasteiger partial charge in [-0.25, -0.2) is 4.98 Å². The van der Waals surface area contributed by atoms with E-state index in [0.717, 1.165) is 37.3 Å². The molecule has 1 N–H and O–H groups in total. The highest BCUT2D eigenvalue weighted by molar-refractivity contribution is 6.01. The van der Waals surface area contributed by atoms with Crippen molar-refractivity contribution in [3.05, 3.63) is 59.8 Å². The second kappa shape index (κ2) is 9.62. The van der Waals surface area contributed by atoms with Gasteiger partial charge >= 0.3 is 0 Å². The number of pyridine rings is 1. The van der Waals surface area contributed by atoms with Crippen LogP contribution < -0.4 is 10.2 Å². The number of carbonyl (C=O) groups excluding carboxylic acids is 1. The molecule has 0 aliphatic carbocycles. The molecule has 0 saturated carbocycles. The molecule has 132 valence electrons. The molecule has 0 aliphatic heterocycles. The van der Waals surface area contributed by atoms with Crippen molar-refractivity contribution in [2.45, 2.75) is 33.6 Å². The molecule has 1 heterocycles. The fourth-order valence-electron chi connectivity index (χ4n) is 2.56. The number of hydrogen-bond acceptors (Lipinski definition) is 3. The van der Waals surface area contributed by atoms with Crippen LogP contribution in [0, 0.1) is 6.92 Å². The average Bonchev–Trinajstić information content (AvgIpc) is 2.62. The number of nitrogens with zero attached hydrogens (tertiary/aromatic N) is 2. The highest BCUT2D eigenvalue weighted by Crippen LogP contribution is 2.15. The molecule has 2 rings (SSSR count). The smallest absolute Gasteiger partial charge is 0.248 e. The number of hydrogen-bond donors (Lipinski definition) is 1. The average molecular weight is 337 g/mol. The van der Waals surface area contributed by atoms with Crippen molar-refractivity contribution in [3.8, 4) is 0 Å². The number of nitrogens with one attached hydrogen (secondary N) is 1. The van der Waals surface area contributed by atoms with Crippen LogP contribution in [0.2, 0.25) is 0 Å². The van der Waals surface area contributed by atoms with Crippen LogP contribution in [0.15, 0.2) is 48.7 Å². The SMILES string of the molecule is CCCN(CCC)c1ccc(NC(=O)/C=C/c2ccc(C)cc2)cn1. The number of aromatic nitrogens is 1. The molecular formula is C21H27N3O. The van der Waals surface area contributed by atoms with E-state index in [2.05, 4.69) is 29.0 Å². The zero-order valence-corrected chi connectivity index (χ0v) is 15.3. The molecule has 1 aromatic carbocycles. The minimum Gasteiger partial charge on any atom is -0.357 e. The van der Waals surface area contributed by atoms with Crippen LogP contribution >= 0.6 is 0 Å². The Labute approximate surface area is 150 Å². The number of anilines is 2. The molecule has 0 spiro atoms. The topological polar surface area (TPSA) is 45.2 Å². The number of amides is 1. The van der Waals surface area contributed by atoms with Crippen molar-refractivity contribution >= 4 is 23.5 Å². The predicted molar refractivity (Wildman–Crippen MR) is 106 cm³/mol. The van der Waals surface area contributed by atoms with Crippen LogP contribution in [-0.2, 0) is 4.79 Å². The number of benzene rings is 1. The third-order valence-corrected chi connectivity index (χ3v) is 3.83. The van der Waals surface area contributed by atoms with Crippen LogP contribution in [0.4, 0.5) is 11.5 Å². The number of aryl methyl sites for hydroxylation is 1. The Morgan fingerprint density at radius 1 is 1.08 bits per heavy atom.